The molecule has 1 aromatic carbocycles. The van der Waals surface area contributed by atoms with Crippen LogP contribution in [-0.2, 0) is 11.2 Å². The lowest BCUT2D eigenvalue weighted by atomic mass is 9.89. The maximum atomic E-state index is 11.6. The van der Waals surface area contributed by atoms with Gasteiger partial charge in [0.05, 0.1) is 0 Å². The van der Waals surface area contributed by atoms with Gasteiger partial charge in [0.15, 0.2) is 0 Å². The summed E-state index contributed by atoms with van der Waals surface area (Å²) in [4.78, 5) is 11.6. The van der Waals surface area contributed by atoms with Gasteiger partial charge in [-0.05, 0) is 24.5 Å². The number of halogens is 1. The number of allylic oxidation sites excluding steroid dienone is 2. The molecule has 0 saturated carbocycles. The van der Waals surface area contributed by atoms with Crippen LogP contribution in [-0.4, -0.2) is 5.78 Å². The van der Waals surface area contributed by atoms with Crippen molar-refractivity contribution in [3.8, 4) is 0 Å². The third-order valence-corrected chi connectivity index (χ3v) is 3.51. The molecule has 1 aliphatic rings. The molecule has 78 valence electrons. The molecular formula is C13H13BrO. The van der Waals surface area contributed by atoms with E-state index in [0.717, 1.165) is 17.3 Å². The van der Waals surface area contributed by atoms with Crippen molar-refractivity contribution >= 4 is 21.7 Å². The van der Waals surface area contributed by atoms with E-state index >= 15 is 0 Å². The number of carbonyl (C=O) groups excluding carboxylic acids is 1. The summed E-state index contributed by atoms with van der Waals surface area (Å²) in [6.07, 6.45) is 6.59. The van der Waals surface area contributed by atoms with Crippen molar-refractivity contribution in [3.05, 3.63) is 46.5 Å². The molecule has 2 rings (SSSR count). The molecule has 0 N–H and O–H groups in total. The summed E-state index contributed by atoms with van der Waals surface area (Å²) in [6.45, 7) is 0. The zero-order valence-electron chi connectivity index (χ0n) is 8.45. The van der Waals surface area contributed by atoms with Crippen molar-refractivity contribution in [1.29, 1.82) is 0 Å². The van der Waals surface area contributed by atoms with E-state index in [9.17, 15) is 4.79 Å². The molecule has 1 atom stereocenters. The van der Waals surface area contributed by atoms with Crippen LogP contribution in [0.2, 0.25) is 0 Å². The number of hydrogen-bond acceptors (Lipinski definition) is 1. The smallest absolute Gasteiger partial charge is 0.140 e. The number of hydrogen-bond donors (Lipinski definition) is 0. The maximum absolute atomic E-state index is 11.6. The number of rotatable bonds is 2. The molecular weight excluding hydrogens is 252 g/mol. The van der Waals surface area contributed by atoms with Crippen LogP contribution < -0.4 is 0 Å². The summed E-state index contributed by atoms with van der Waals surface area (Å²) in [5, 5.41) is 0. The van der Waals surface area contributed by atoms with E-state index in [1.54, 1.807) is 0 Å². The summed E-state index contributed by atoms with van der Waals surface area (Å²) in [6, 6.07) is 8.09. The Kier molecular flexibility index (Phi) is 3.37. The van der Waals surface area contributed by atoms with E-state index in [0.29, 0.717) is 12.2 Å². The fourth-order valence-electron chi connectivity index (χ4n) is 1.86. The van der Waals surface area contributed by atoms with Crippen LogP contribution in [0.1, 0.15) is 18.4 Å². The minimum atomic E-state index is 0.0810. The Hall–Kier alpha value is -0.890. The number of ketones is 1. The Balaban J connectivity index is 2.15. The summed E-state index contributed by atoms with van der Waals surface area (Å²) >= 11 is 3.51. The summed E-state index contributed by atoms with van der Waals surface area (Å²) in [7, 11) is 0. The Morgan fingerprint density at radius 3 is 2.87 bits per heavy atom. The van der Waals surface area contributed by atoms with Crippen LogP contribution in [0, 0.1) is 5.92 Å². The van der Waals surface area contributed by atoms with E-state index in [-0.39, 0.29) is 5.92 Å². The Labute approximate surface area is 98.3 Å². The number of carbonyl (C=O) groups is 1. The summed E-state index contributed by atoms with van der Waals surface area (Å²) in [5.74, 6) is 0.450. The molecule has 0 amide bonds. The van der Waals surface area contributed by atoms with Gasteiger partial charge in [-0.15, -0.1) is 0 Å². The van der Waals surface area contributed by atoms with Gasteiger partial charge in [0, 0.05) is 16.8 Å². The van der Waals surface area contributed by atoms with Crippen molar-refractivity contribution < 1.29 is 4.79 Å². The van der Waals surface area contributed by atoms with E-state index in [4.69, 9.17) is 0 Å². The average molecular weight is 265 g/mol. The van der Waals surface area contributed by atoms with E-state index < -0.39 is 0 Å². The van der Waals surface area contributed by atoms with Gasteiger partial charge in [-0.2, -0.15) is 0 Å². The molecule has 2 heteroatoms. The first-order valence-electron chi connectivity index (χ1n) is 5.20. The lowest BCUT2D eigenvalue weighted by molar-refractivity contribution is -0.121. The van der Waals surface area contributed by atoms with Gasteiger partial charge >= 0.3 is 0 Å². The van der Waals surface area contributed by atoms with Crippen LogP contribution in [0.15, 0.2) is 40.9 Å². The first-order chi connectivity index (χ1) is 7.27. The molecule has 1 aliphatic carbocycles. The zero-order valence-corrected chi connectivity index (χ0v) is 10.0. The van der Waals surface area contributed by atoms with Crippen LogP contribution in [0.5, 0.6) is 0 Å². The molecule has 1 aromatic rings. The first-order valence-corrected chi connectivity index (χ1v) is 5.99. The SMILES string of the molecule is O=C1CCC=CC1Cc1ccccc1Br. The van der Waals surface area contributed by atoms with Crippen LogP contribution in [0.4, 0.5) is 0 Å². The maximum Gasteiger partial charge on any atom is 0.140 e. The zero-order chi connectivity index (χ0) is 10.7. The van der Waals surface area contributed by atoms with Crippen molar-refractivity contribution in [2.24, 2.45) is 5.92 Å². The van der Waals surface area contributed by atoms with Gasteiger partial charge in [-0.3, -0.25) is 4.79 Å². The highest BCUT2D eigenvalue weighted by molar-refractivity contribution is 9.10. The van der Waals surface area contributed by atoms with Crippen LogP contribution in [0.25, 0.3) is 0 Å². The Bertz CT molecular complexity index is 395. The molecule has 0 radical (unpaired) electrons. The van der Waals surface area contributed by atoms with Crippen molar-refractivity contribution in [1.82, 2.24) is 0 Å². The second kappa shape index (κ2) is 4.75. The standard InChI is InChI=1S/C13H13BrO/c14-12-7-3-1-5-10(12)9-11-6-2-4-8-13(11)15/h1-3,5-7,11H,4,8-9H2. The van der Waals surface area contributed by atoms with E-state index in [1.165, 1.54) is 5.56 Å². The highest BCUT2D eigenvalue weighted by atomic mass is 79.9. The molecule has 0 bridgehead atoms. The fourth-order valence-corrected chi connectivity index (χ4v) is 2.31. The Morgan fingerprint density at radius 2 is 2.13 bits per heavy atom. The fraction of sp³-hybridized carbons (Fsp3) is 0.308. The summed E-state index contributed by atoms with van der Waals surface area (Å²) < 4.78 is 1.09. The Morgan fingerprint density at radius 1 is 1.33 bits per heavy atom. The van der Waals surface area contributed by atoms with Gasteiger partial charge in [0.25, 0.3) is 0 Å². The highest BCUT2D eigenvalue weighted by Crippen LogP contribution is 2.23. The van der Waals surface area contributed by atoms with Gasteiger partial charge in [0.1, 0.15) is 5.78 Å². The second-order valence-corrected chi connectivity index (χ2v) is 4.69. The van der Waals surface area contributed by atoms with Gasteiger partial charge in [0.2, 0.25) is 0 Å². The van der Waals surface area contributed by atoms with Crippen molar-refractivity contribution in [2.45, 2.75) is 19.3 Å². The molecule has 15 heavy (non-hydrogen) atoms. The third kappa shape index (κ3) is 2.57. The second-order valence-electron chi connectivity index (χ2n) is 3.84. The predicted molar refractivity (Wildman–Crippen MR) is 64.7 cm³/mol. The highest BCUT2D eigenvalue weighted by Gasteiger charge is 2.18. The quantitative estimate of drug-likeness (QED) is 0.747. The lowest BCUT2D eigenvalue weighted by Crippen LogP contribution is -2.17. The molecule has 0 fully saturated rings. The molecule has 0 spiro atoms. The van der Waals surface area contributed by atoms with Crippen LogP contribution >= 0.6 is 15.9 Å². The number of Topliss-reactive ketones (excluding diaryl/α,β-unsaturated/α-hetero) is 1. The van der Waals surface area contributed by atoms with Crippen molar-refractivity contribution in [2.75, 3.05) is 0 Å². The molecule has 0 heterocycles. The van der Waals surface area contributed by atoms with Gasteiger partial charge < -0.3 is 0 Å². The minimum absolute atomic E-state index is 0.0810. The van der Waals surface area contributed by atoms with Gasteiger partial charge in [-0.1, -0.05) is 46.3 Å². The topological polar surface area (TPSA) is 17.1 Å². The predicted octanol–water partition coefficient (Wildman–Crippen LogP) is 3.53. The monoisotopic (exact) mass is 264 g/mol. The van der Waals surface area contributed by atoms with Gasteiger partial charge in [-0.25, -0.2) is 0 Å². The molecule has 1 nitrogen and oxygen atoms in total. The normalized spacial score (nSPS) is 20.6. The molecule has 0 aromatic heterocycles. The van der Waals surface area contributed by atoms with E-state index in [2.05, 4.69) is 28.1 Å². The largest absolute Gasteiger partial charge is 0.299 e. The third-order valence-electron chi connectivity index (χ3n) is 2.74. The van der Waals surface area contributed by atoms with E-state index in [1.807, 2.05) is 24.3 Å². The number of benzene rings is 1. The minimum Gasteiger partial charge on any atom is -0.299 e. The molecule has 1 unspecified atom stereocenters. The lowest BCUT2D eigenvalue weighted by Gasteiger charge is -2.15. The van der Waals surface area contributed by atoms with Crippen molar-refractivity contribution in [3.63, 3.8) is 0 Å². The van der Waals surface area contributed by atoms with Crippen LogP contribution in [0.3, 0.4) is 0 Å². The summed E-state index contributed by atoms with van der Waals surface area (Å²) in [5.41, 5.74) is 1.21. The molecule has 0 saturated heterocycles. The first kappa shape index (κ1) is 10.6. The molecule has 0 aliphatic heterocycles. The average Bonchev–Trinajstić information content (AvgIpc) is 2.24.